The first-order valence-electron chi connectivity index (χ1n) is 9.70. The molecule has 1 aromatic rings. The summed E-state index contributed by atoms with van der Waals surface area (Å²) in [4.78, 5) is 42.6. The number of allylic oxidation sites excluding steroid dienone is 2. The number of nitrogens with two attached hydrogens (primary N) is 1. The molecule has 1 atom stereocenters. The average Bonchev–Trinajstić information content (AvgIpc) is 3.23. The summed E-state index contributed by atoms with van der Waals surface area (Å²) in [5.41, 5.74) is 6.16. The van der Waals surface area contributed by atoms with Crippen LogP contribution in [0.5, 0.6) is 5.75 Å². The summed E-state index contributed by atoms with van der Waals surface area (Å²) in [6.45, 7) is 2.35. The van der Waals surface area contributed by atoms with Crippen molar-refractivity contribution in [3.63, 3.8) is 0 Å². The molecule has 3 aliphatic heterocycles. The van der Waals surface area contributed by atoms with Crippen LogP contribution in [0.15, 0.2) is 54.5 Å². The van der Waals surface area contributed by atoms with E-state index in [9.17, 15) is 19.5 Å². The number of nitrogens with one attached hydrogen (secondary N) is 1. The first-order chi connectivity index (χ1) is 14.4. The molecule has 156 valence electrons. The molecule has 4 N–H and O–H groups in total. The molecular weight excluding hydrogens is 386 g/mol. The molecule has 0 radical (unpaired) electrons. The predicted octanol–water partition coefficient (Wildman–Crippen LogP) is -0.0258. The zero-order chi connectivity index (χ0) is 21.3. The highest BCUT2D eigenvalue weighted by molar-refractivity contribution is 6.02. The highest BCUT2D eigenvalue weighted by atomic mass is 16.3. The van der Waals surface area contributed by atoms with Crippen molar-refractivity contribution in [1.29, 1.82) is 0 Å². The Morgan fingerprint density at radius 1 is 1.13 bits per heavy atom. The number of hydrogen-bond acceptors (Lipinski definition) is 7. The second kappa shape index (κ2) is 8.03. The molecule has 1 fully saturated rings. The lowest BCUT2D eigenvalue weighted by Crippen LogP contribution is -2.52. The SMILES string of the molecule is NC(=O)c1cc(C(=O)CN2CCN(C(=O)C3=CC=CN4C=CNC34)CC2)ccc1O. The van der Waals surface area contributed by atoms with Gasteiger partial charge in [0, 0.05) is 50.3 Å². The summed E-state index contributed by atoms with van der Waals surface area (Å²) >= 11 is 0. The molecule has 9 heteroatoms. The summed E-state index contributed by atoms with van der Waals surface area (Å²) in [6.07, 6.45) is 9.13. The summed E-state index contributed by atoms with van der Waals surface area (Å²) in [5, 5.41) is 12.8. The van der Waals surface area contributed by atoms with E-state index in [0.717, 1.165) is 0 Å². The quantitative estimate of drug-likeness (QED) is 0.585. The number of ketones is 1. The Hall–Kier alpha value is -3.59. The van der Waals surface area contributed by atoms with E-state index in [1.807, 2.05) is 40.6 Å². The number of carbonyl (C=O) groups excluding carboxylic acids is 3. The van der Waals surface area contributed by atoms with Crippen molar-refractivity contribution in [2.24, 2.45) is 5.73 Å². The van der Waals surface area contributed by atoms with Crippen LogP contribution in [0.1, 0.15) is 20.7 Å². The monoisotopic (exact) mass is 409 g/mol. The fourth-order valence-electron chi connectivity index (χ4n) is 3.80. The third-order valence-electron chi connectivity index (χ3n) is 5.49. The zero-order valence-corrected chi connectivity index (χ0v) is 16.3. The van der Waals surface area contributed by atoms with Gasteiger partial charge in [0.25, 0.3) is 11.8 Å². The second-order valence-electron chi connectivity index (χ2n) is 7.38. The number of amides is 2. The van der Waals surface area contributed by atoms with Crippen LogP contribution < -0.4 is 11.1 Å². The normalized spacial score (nSPS) is 20.5. The number of aromatic hydroxyl groups is 1. The molecule has 0 aromatic heterocycles. The lowest BCUT2D eigenvalue weighted by Gasteiger charge is -2.36. The van der Waals surface area contributed by atoms with Crippen molar-refractivity contribution in [2.75, 3.05) is 32.7 Å². The maximum absolute atomic E-state index is 13.0. The summed E-state index contributed by atoms with van der Waals surface area (Å²) in [7, 11) is 0. The molecule has 30 heavy (non-hydrogen) atoms. The van der Waals surface area contributed by atoms with Gasteiger partial charge in [-0.1, -0.05) is 0 Å². The van der Waals surface area contributed by atoms with E-state index in [0.29, 0.717) is 37.3 Å². The van der Waals surface area contributed by atoms with E-state index in [1.54, 1.807) is 4.90 Å². The molecule has 0 saturated carbocycles. The minimum atomic E-state index is -0.786. The summed E-state index contributed by atoms with van der Waals surface area (Å²) in [6, 6.07) is 4.09. The smallest absolute Gasteiger partial charge is 0.253 e. The van der Waals surface area contributed by atoms with Gasteiger partial charge in [-0.2, -0.15) is 0 Å². The molecule has 1 saturated heterocycles. The largest absolute Gasteiger partial charge is 0.507 e. The maximum atomic E-state index is 13.0. The van der Waals surface area contributed by atoms with Crippen molar-refractivity contribution in [2.45, 2.75) is 6.17 Å². The van der Waals surface area contributed by atoms with Crippen LogP contribution in [0.2, 0.25) is 0 Å². The van der Waals surface area contributed by atoms with Gasteiger partial charge in [-0.15, -0.1) is 0 Å². The van der Waals surface area contributed by atoms with Gasteiger partial charge in [0.15, 0.2) is 5.78 Å². The molecule has 0 aliphatic carbocycles. The predicted molar refractivity (Wildman–Crippen MR) is 109 cm³/mol. The van der Waals surface area contributed by atoms with Crippen LogP contribution in [-0.2, 0) is 4.79 Å². The number of Topliss-reactive ketones (excluding diaryl/α,β-unsaturated/α-hetero) is 1. The Morgan fingerprint density at radius 2 is 1.90 bits per heavy atom. The van der Waals surface area contributed by atoms with E-state index in [2.05, 4.69) is 5.32 Å². The molecule has 1 aromatic carbocycles. The van der Waals surface area contributed by atoms with Crippen molar-refractivity contribution >= 4 is 17.6 Å². The van der Waals surface area contributed by atoms with Crippen LogP contribution in [-0.4, -0.2) is 76.3 Å². The number of carbonyl (C=O) groups is 3. The standard InChI is InChI=1S/C21H23N5O4/c22-19(29)16-12-14(3-4-17(16)27)18(28)13-24-8-10-26(11-9-24)21(30)15-2-1-6-25-7-5-23-20(15)25/h1-7,12,20,23,27H,8-11,13H2,(H2,22,29). The first-order valence-corrected chi connectivity index (χ1v) is 9.70. The number of hydrogen-bond donors (Lipinski definition) is 3. The van der Waals surface area contributed by atoms with Crippen LogP contribution in [0.4, 0.5) is 0 Å². The Balaban J connectivity index is 1.34. The van der Waals surface area contributed by atoms with Crippen LogP contribution in [0, 0.1) is 0 Å². The lowest BCUT2D eigenvalue weighted by molar-refractivity contribution is -0.129. The molecular formula is C21H23N5O4. The highest BCUT2D eigenvalue weighted by Crippen LogP contribution is 2.22. The molecule has 2 amide bonds. The van der Waals surface area contributed by atoms with Gasteiger partial charge < -0.3 is 26.0 Å². The molecule has 9 nitrogen and oxygen atoms in total. The van der Waals surface area contributed by atoms with E-state index in [-0.39, 0.29) is 35.7 Å². The van der Waals surface area contributed by atoms with Gasteiger partial charge in [0.2, 0.25) is 0 Å². The van der Waals surface area contributed by atoms with Gasteiger partial charge in [-0.3, -0.25) is 19.3 Å². The minimum Gasteiger partial charge on any atom is -0.507 e. The number of benzene rings is 1. The number of fused-ring (bicyclic) bond motifs is 1. The zero-order valence-electron chi connectivity index (χ0n) is 16.3. The molecule has 3 aliphatic rings. The van der Waals surface area contributed by atoms with E-state index < -0.39 is 5.91 Å². The molecule has 0 spiro atoms. The lowest BCUT2D eigenvalue weighted by atomic mass is 10.0. The summed E-state index contributed by atoms with van der Waals surface area (Å²) in [5.74, 6) is -1.22. The van der Waals surface area contributed by atoms with E-state index in [4.69, 9.17) is 5.73 Å². The Kier molecular flexibility index (Phi) is 5.28. The molecule has 4 rings (SSSR count). The van der Waals surface area contributed by atoms with Crippen molar-refractivity contribution in [1.82, 2.24) is 20.0 Å². The van der Waals surface area contributed by atoms with E-state index >= 15 is 0 Å². The number of phenols is 1. The Bertz CT molecular complexity index is 976. The van der Waals surface area contributed by atoms with Crippen LogP contribution >= 0.6 is 0 Å². The van der Waals surface area contributed by atoms with Crippen LogP contribution in [0.3, 0.4) is 0 Å². The number of piperazine rings is 1. The number of rotatable bonds is 5. The third kappa shape index (κ3) is 3.79. The summed E-state index contributed by atoms with van der Waals surface area (Å²) < 4.78 is 0. The molecule has 3 heterocycles. The fourth-order valence-corrected chi connectivity index (χ4v) is 3.80. The van der Waals surface area contributed by atoms with Gasteiger partial charge >= 0.3 is 0 Å². The second-order valence-corrected chi connectivity index (χ2v) is 7.38. The van der Waals surface area contributed by atoms with Gasteiger partial charge in [-0.25, -0.2) is 0 Å². The average molecular weight is 409 g/mol. The van der Waals surface area contributed by atoms with Crippen molar-refractivity contribution < 1.29 is 19.5 Å². The Labute approximate surface area is 173 Å². The minimum absolute atomic E-state index is 0.0128. The first kappa shape index (κ1) is 19.7. The highest BCUT2D eigenvalue weighted by Gasteiger charge is 2.32. The topological polar surface area (TPSA) is 119 Å². The van der Waals surface area contributed by atoms with Gasteiger partial charge in [-0.05, 0) is 30.4 Å². The molecule has 0 bridgehead atoms. The van der Waals surface area contributed by atoms with E-state index in [1.165, 1.54) is 18.2 Å². The van der Waals surface area contributed by atoms with Gasteiger partial charge in [0.05, 0.1) is 17.7 Å². The van der Waals surface area contributed by atoms with Crippen molar-refractivity contribution in [3.8, 4) is 5.75 Å². The van der Waals surface area contributed by atoms with Crippen molar-refractivity contribution in [3.05, 3.63) is 65.7 Å². The molecule has 1 unspecified atom stereocenters. The van der Waals surface area contributed by atoms with Gasteiger partial charge in [0.1, 0.15) is 11.9 Å². The maximum Gasteiger partial charge on any atom is 0.253 e. The van der Waals surface area contributed by atoms with Crippen LogP contribution in [0.25, 0.3) is 0 Å². The third-order valence-corrected chi connectivity index (χ3v) is 5.49. The number of nitrogens with zero attached hydrogens (tertiary/aromatic N) is 3. The fraction of sp³-hybridized carbons (Fsp3) is 0.286. The Morgan fingerprint density at radius 3 is 2.63 bits per heavy atom. The number of primary amides is 1.